The van der Waals surface area contributed by atoms with Crippen molar-refractivity contribution in [2.45, 2.75) is 56.4 Å². The summed E-state index contributed by atoms with van der Waals surface area (Å²) in [5, 5.41) is 28.1. The number of benzene rings is 3. The van der Waals surface area contributed by atoms with E-state index in [1.165, 1.54) is 10.4 Å². The van der Waals surface area contributed by atoms with Gasteiger partial charge in [-0.25, -0.2) is 0 Å². The van der Waals surface area contributed by atoms with Crippen LogP contribution in [0.15, 0.2) is 91.0 Å². The lowest BCUT2D eigenvalue weighted by molar-refractivity contribution is -0.0217. The third-order valence-electron chi connectivity index (χ3n) is 6.89. The quantitative estimate of drug-likeness (QED) is 0.467. The molecule has 0 unspecified atom stereocenters. The second-order valence-corrected chi connectivity index (χ2v) is 14.5. The zero-order valence-electron chi connectivity index (χ0n) is 19.7. The first-order valence-electron chi connectivity index (χ1n) is 11.7. The minimum atomic E-state index is -2.78. The maximum absolute atomic E-state index is 11.8. The minimum Gasteiger partial charge on any atom is -0.404 e. The molecule has 5 heteroatoms. The van der Waals surface area contributed by atoms with Gasteiger partial charge < -0.3 is 20.0 Å². The molecule has 3 atom stereocenters. The Morgan fingerprint density at radius 2 is 1.36 bits per heavy atom. The van der Waals surface area contributed by atoms with E-state index in [0.717, 1.165) is 5.69 Å². The molecular formula is C28H35NO3Si. The molecule has 33 heavy (non-hydrogen) atoms. The van der Waals surface area contributed by atoms with E-state index in [1.807, 2.05) is 42.5 Å². The second-order valence-electron chi connectivity index (χ2n) is 10.1. The average Bonchev–Trinajstić information content (AvgIpc) is 3.09. The van der Waals surface area contributed by atoms with Gasteiger partial charge in [-0.2, -0.15) is 0 Å². The summed E-state index contributed by atoms with van der Waals surface area (Å²) in [6.45, 7) is 6.84. The summed E-state index contributed by atoms with van der Waals surface area (Å²) in [4.78, 5) is 0. The number of hydrogen-bond donors (Lipinski definition) is 3. The molecule has 3 aromatic rings. The largest absolute Gasteiger partial charge is 0.404 e. The van der Waals surface area contributed by atoms with Gasteiger partial charge in [0.1, 0.15) is 5.60 Å². The number of anilines is 1. The monoisotopic (exact) mass is 461 g/mol. The fourth-order valence-corrected chi connectivity index (χ4v) is 9.80. The Morgan fingerprint density at radius 3 is 1.85 bits per heavy atom. The predicted octanol–water partition coefficient (Wildman–Crippen LogP) is 3.93. The fourth-order valence-electron chi connectivity index (χ4n) is 5.18. The zero-order chi connectivity index (χ0) is 23.5. The highest BCUT2D eigenvalue weighted by molar-refractivity contribution is 6.99. The molecule has 1 saturated carbocycles. The van der Waals surface area contributed by atoms with Gasteiger partial charge in [-0.05, 0) is 40.4 Å². The van der Waals surface area contributed by atoms with Crippen LogP contribution in [0, 0.1) is 0 Å². The first kappa shape index (κ1) is 23.7. The summed E-state index contributed by atoms with van der Waals surface area (Å²) in [5.41, 5.74) is -0.296. The lowest BCUT2D eigenvalue weighted by atomic mass is 9.98. The molecule has 3 N–H and O–H groups in total. The molecule has 0 aliphatic heterocycles. The number of aliphatic hydroxyl groups excluding tert-OH is 1. The normalized spacial score (nSPS) is 23.4. The molecule has 0 amide bonds. The Morgan fingerprint density at radius 1 is 0.879 bits per heavy atom. The lowest BCUT2D eigenvalue weighted by Crippen LogP contribution is -2.68. The van der Waals surface area contributed by atoms with Crippen LogP contribution in [0.2, 0.25) is 5.04 Å². The van der Waals surface area contributed by atoms with Gasteiger partial charge in [0.05, 0.1) is 18.8 Å². The van der Waals surface area contributed by atoms with E-state index in [0.29, 0.717) is 12.8 Å². The SMILES string of the molecule is CC(C)(C)[Si](OC[C@]1(O)CC[C@@H](O)[C@@H]1Nc1ccccc1)(c1ccccc1)c1ccccc1. The minimum absolute atomic E-state index is 0.155. The van der Waals surface area contributed by atoms with Crippen molar-refractivity contribution in [3.63, 3.8) is 0 Å². The number of nitrogens with one attached hydrogen (secondary N) is 1. The van der Waals surface area contributed by atoms with Crippen molar-refractivity contribution in [1.82, 2.24) is 0 Å². The van der Waals surface area contributed by atoms with Crippen LogP contribution in [-0.4, -0.2) is 42.9 Å². The molecule has 1 fully saturated rings. The molecular weight excluding hydrogens is 426 g/mol. The number of rotatable bonds is 7. The van der Waals surface area contributed by atoms with Crippen LogP contribution in [-0.2, 0) is 4.43 Å². The van der Waals surface area contributed by atoms with Crippen LogP contribution in [0.25, 0.3) is 0 Å². The first-order chi connectivity index (χ1) is 15.8. The van der Waals surface area contributed by atoms with Crippen molar-refractivity contribution in [2.75, 3.05) is 11.9 Å². The van der Waals surface area contributed by atoms with Gasteiger partial charge in [-0.3, -0.25) is 0 Å². The highest BCUT2D eigenvalue weighted by Crippen LogP contribution is 2.39. The number of hydrogen-bond acceptors (Lipinski definition) is 4. The van der Waals surface area contributed by atoms with E-state index in [1.54, 1.807) is 0 Å². The molecule has 0 radical (unpaired) electrons. The van der Waals surface area contributed by atoms with E-state index >= 15 is 0 Å². The molecule has 174 valence electrons. The van der Waals surface area contributed by atoms with Crippen LogP contribution in [0.4, 0.5) is 5.69 Å². The summed E-state index contributed by atoms with van der Waals surface area (Å²) in [7, 11) is -2.78. The van der Waals surface area contributed by atoms with Gasteiger partial charge in [-0.15, -0.1) is 0 Å². The van der Waals surface area contributed by atoms with Gasteiger partial charge in [0.25, 0.3) is 8.32 Å². The van der Waals surface area contributed by atoms with Crippen molar-refractivity contribution in [1.29, 1.82) is 0 Å². The maximum Gasteiger partial charge on any atom is 0.261 e. The molecule has 0 saturated heterocycles. The Bertz CT molecular complexity index is 984. The molecule has 3 aromatic carbocycles. The molecule has 0 spiro atoms. The molecule has 1 aliphatic carbocycles. The summed E-state index contributed by atoms with van der Waals surface area (Å²) < 4.78 is 7.01. The number of aliphatic hydroxyl groups is 2. The molecule has 1 aliphatic rings. The van der Waals surface area contributed by atoms with Gasteiger partial charge >= 0.3 is 0 Å². The van der Waals surface area contributed by atoms with E-state index in [2.05, 4.69) is 74.6 Å². The van der Waals surface area contributed by atoms with Crippen molar-refractivity contribution in [2.24, 2.45) is 0 Å². The van der Waals surface area contributed by atoms with Crippen LogP contribution >= 0.6 is 0 Å². The topological polar surface area (TPSA) is 61.7 Å². The summed E-state index contributed by atoms with van der Waals surface area (Å²) >= 11 is 0. The number of para-hydroxylation sites is 1. The molecule has 4 rings (SSSR count). The van der Waals surface area contributed by atoms with Crippen LogP contribution in [0.3, 0.4) is 0 Å². The van der Waals surface area contributed by atoms with Gasteiger partial charge in [0.2, 0.25) is 0 Å². The van der Waals surface area contributed by atoms with Gasteiger partial charge in [-0.1, -0.05) is 99.6 Å². The predicted molar refractivity (Wildman–Crippen MR) is 138 cm³/mol. The third kappa shape index (κ3) is 4.64. The summed E-state index contributed by atoms with van der Waals surface area (Å²) in [6.07, 6.45) is 0.375. The molecule has 4 nitrogen and oxygen atoms in total. The third-order valence-corrected chi connectivity index (χ3v) is 11.9. The average molecular weight is 462 g/mol. The van der Waals surface area contributed by atoms with E-state index in [9.17, 15) is 10.2 Å². The zero-order valence-corrected chi connectivity index (χ0v) is 20.7. The van der Waals surface area contributed by atoms with Gasteiger partial charge in [0.15, 0.2) is 0 Å². The van der Waals surface area contributed by atoms with Crippen LogP contribution < -0.4 is 15.7 Å². The van der Waals surface area contributed by atoms with Crippen molar-refractivity contribution in [3.05, 3.63) is 91.0 Å². The Hall–Kier alpha value is -2.44. The van der Waals surface area contributed by atoms with Crippen molar-refractivity contribution < 1.29 is 14.6 Å². The second kappa shape index (κ2) is 9.43. The smallest absolute Gasteiger partial charge is 0.261 e. The fraction of sp³-hybridized carbons (Fsp3) is 0.357. The first-order valence-corrected chi connectivity index (χ1v) is 13.6. The Balaban J connectivity index is 1.71. The van der Waals surface area contributed by atoms with Gasteiger partial charge in [0, 0.05) is 5.69 Å². The van der Waals surface area contributed by atoms with E-state index in [4.69, 9.17) is 4.43 Å². The van der Waals surface area contributed by atoms with Crippen LogP contribution in [0.5, 0.6) is 0 Å². The summed E-state index contributed by atoms with van der Waals surface area (Å²) in [6, 6.07) is 30.1. The molecule has 0 bridgehead atoms. The van der Waals surface area contributed by atoms with E-state index < -0.39 is 26.1 Å². The van der Waals surface area contributed by atoms with Crippen molar-refractivity contribution >= 4 is 24.4 Å². The highest BCUT2D eigenvalue weighted by Gasteiger charge is 2.54. The lowest BCUT2D eigenvalue weighted by Gasteiger charge is -2.45. The summed E-state index contributed by atoms with van der Waals surface area (Å²) in [5.74, 6) is 0. The molecule has 0 heterocycles. The standard InChI is InChI=1S/C28H35NO3Si/c1-27(2,3)33(23-15-9-5-10-16-23,24-17-11-6-12-18-24)32-21-28(31)20-19-25(30)26(28)29-22-13-7-4-8-14-22/h4-18,25-26,29-31H,19-21H2,1-3H3/t25-,26+,28-/m1/s1. The Labute approximate surface area is 198 Å². The maximum atomic E-state index is 11.8. The van der Waals surface area contributed by atoms with Crippen LogP contribution in [0.1, 0.15) is 33.6 Å². The Kier molecular flexibility index (Phi) is 6.77. The van der Waals surface area contributed by atoms with E-state index in [-0.39, 0.29) is 11.6 Å². The van der Waals surface area contributed by atoms with Crippen molar-refractivity contribution in [3.8, 4) is 0 Å². The highest BCUT2D eigenvalue weighted by atomic mass is 28.4. The molecule has 0 aromatic heterocycles.